The second kappa shape index (κ2) is 4.96. The summed E-state index contributed by atoms with van der Waals surface area (Å²) in [5.74, 6) is 0.111. The van der Waals surface area contributed by atoms with Gasteiger partial charge in [0.2, 0.25) is 0 Å². The van der Waals surface area contributed by atoms with E-state index < -0.39 is 0 Å². The Bertz CT molecular complexity index is 662. The van der Waals surface area contributed by atoms with Crippen LogP contribution in [0.3, 0.4) is 0 Å². The molecule has 0 aliphatic carbocycles. The molecular weight excluding hydrogens is 281 g/mol. The number of phenolic OH excluding ortho intramolecular Hbond substituents is 1. The molecule has 0 radical (unpaired) electrons. The van der Waals surface area contributed by atoms with Crippen LogP contribution in [0.5, 0.6) is 11.5 Å². The van der Waals surface area contributed by atoms with Crippen molar-refractivity contribution in [3.63, 3.8) is 0 Å². The molecule has 3 nitrogen and oxygen atoms in total. The normalized spacial score (nSPS) is 21.1. The highest BCUT2D eigenvalue weighted by Gasteiger charge is 2.27. The second-order valence-electron chi connectivity index (χ2n) is 4.84. The van der Waals surface area contributed by atoms with Gasteiger partial charge in [-0.25, -0.2) is 4.39 Å². The Labute approximate surface area is 120 Å². The lowest BCUT2D eigenvalue weighted by Crippen LogP contribution is -2.24. The average molecular weight is 294 g/mol. The predicted octanol–water partition coefficient (Wildman–Crippen LogP) is 3.71. The summed E-state index contributed by atoms with van der Waals surface area (Å²) in [6.45, 7) is 0. The third kappa shape index (κ3) is 2.32. The molecule has 1 aliphatic heterocycles. The van der Waals surface area contributed by atoms with E-state index >= 15 is 0 Å². The number of ether oxygens (including phenoxy) is 1. The number of aromatic hydroxyl groups is 1. The predicted molar refractivity (Wildman–Crippen MR) is 74.4 cm³/mol. The summed E-state index contributed by atoms with van der Waals surface area (Å²) >= 11 is 5.90. The van der Waals surface area contributed by atoms with Crippen LogP contribution in [0.15, 0.2) is 36.4 Å². The lowest BCUT2D eigenvalue weighted by Gasteiger charge is -2.30. The van der Waals surface area contributed by atoms with Gasteiger partial charge in [0.25, 0.3) is 0 Å². The van der Waals surface area contributed by atoms with Gasteiger partial charge in [0, 0.05) is 24.1 Å². The van der Waals surface area contributed by atoms with Crippen molar-refractivity contribution in [2.24, 2.45) is 5.73 Å². The van der Waals surface area contributed by atoms with E-state index in [1.54, 1.807) is 18.2 Å². The maximum Gasteiger partial charge on any atom is 0.134 e. The molecule has 1 heterocycles. The Morgan fingerprint density at radius 2 is 2.05 bits per heavy atom. The average Bonchev–Trinajstić information content (AvgIpc) is 2.41. The number of hydrogen-bond donors (Lipinski definition) is 2. The van der Waals surface area contributed by atoms with Crippen LogP contribution in [0.2, 0.25) is 5.02 Å². The SMILES string of the molecule is N[C@@H]1CC(c2ccc(O)c(Cl)c2)Oc2cc(F)ccc21. The molecule has 104 valence electrons. The third-order valence-corrected chi connectivity index (χ3v) is 3.76. The maximum absolute atomic E-state index is 13.3. The van der Waals surface area contributed by atoms with Crippen molar-refractivity contribution in [2.45, 2.75) is 18.6 Å². The molecule has 0 spiro atoms. The standard InChI is InChI=1S/C15H13ClFNO2/c16-11-5-8(1-4-13(11)19)14-7-12(18)10-3-2-9(17)6-15(10)20-14/h1-6,12,14,19H,7,18H2/t12-,14?/m1/s1. The Hall–Kier alpha value is -1.78. The molecule has 0 fully saturated rings. The molecule has 1 unspecified atom stereocenters. The molecule has 20 heavy (non-hydrogen) atoms. The van der Waals surface area contributed by atoms with Crippen molar-refractivity contribution >= 4 is 11.6 Å². The van der Waals surface area contributed by atoms with Gasteiger partial charge >= 0.3 is 0 Å². The van der Waals surface area contributed by atoms with Gasteiger partial charge in [0.15, 0.2) is 0 Å². The number of halogens is 2. The highest BCUT2D eigenvalue weighted by molar-refractivity contribution is 6.32. The van der Waals surface area contributed by atoms with Crippen LogP contribution >= 0.6 is 11.6 Å². The quantitative estimate of drug-likeness (QED) is 0.843. The number of rotatable bonds is 1. The fourth-order valence-corrected chi connectivity index (χ4v) is 2.59. The summed E-state index contributed by atoms with van der Waals surface area (Å²) in [5, 5.41) is 9.70. The maximum atomic E-state index is 13.3. The summed E-state index contributed by atoms with van der Waals surface area (Å²) in [6.07, 6.45) is 0.261. The monoisotopic (exact) mass is 293 g/mol. The van der Waals surface area contributed by atoms with E-state index in [4.69, 9.17) is 22.1 Å². The summed E-state index contributed by atoms with van der Waals surface area (Å²) < 4.78 is 19.1. The zero-order valence-corrected chi connectivity index (χ0v) is 11.3. The van der Waals surface area contributed by atoms with Crippen molar-refractivity contribution in [1.82, 2.24) is 0 Å². The highest BCUT2D eigenvalue weighted by Crippen LogP contribution is 2.41. The smallest absolute Gasteiger partial charge is 0.134 e. The van der Waals surface area contributed by atoms with Gasteiger partial charge < -0.3 is 15.6 Å². The van der Waals surface area contributed by atoms with Gasteiger partial charge in [0.1, 0.15) is 23.4 Å². The molecule has 2 aromatic carbocycles. The minimum atomic E-state index is -0.361. The van der Waals surface area contributed by atoms with Crippen LogP contribution in [-0.4, -0.2) is 5.11 Å². The van der Waals surface area contributed by atoms with Gasteiger partial charge in [0.05, 0.1) is 5.02 Å². The minimum absolute atomic E-state index is 0.0157. The van der Waals surface area contributed by atoms with E-state index in [9.17, 15) is 9.50 Å². The Morgan fingerprint density at radius 3 is 2.80 bits per heavy atom. The number of nitrogens with two attached hydrogens (primary N) is 1. The van der Waals surface area contributed by atoms with E-state index in [0.29, 0.717) is 12.2 Å². The van der Waals surface area contributed by atoms with Gasteiger partial charge in [-0.15, -0.1) is 0 Å². The van der Waals surface area contributed by atoms with Crippen molar-refractivity contribution in [3.05, 3.63) is 58.4 Å². The molecule has 0 aromatic heterocycles. The molecule has 3 N–H and O–H groups in total. The van der Waals surface area contributed by atoms with Crippen LogP contribution in [0.4, 0.5) is 4.39 Å². The molecule has 0 saturated carbocycles. The molecule has 0 amide bonds. The van der Waals surface area contributed by atoms with Crippen molar-refractivity contribution in [1.29, 1.82) is 0 Å². The third-order valence-electron chi connectivity index (χ3n) is 3.46. The van der Waals surface area contributed by atoms with Crippen LogP contribution in [0, 0.1) is 5.82 Å². The van der Waals surface area contributed by atoms with Gasteiger partial charge in [-0.3, -0.25) is 0 Å². The van der Waals surface area contributed by atoms with Crippen molar-refractivity contribution in [2.75, 3.05) is 0 Å². The van der Waals surface area contributed by atoms with Crippen molar-refractivity contribution < 1.29 is 14.2 Å². The van der Waals surface area contributed by atoms with E-state index in [1.165, 1.54) is 18.2 Å². The second-order valence-corrected chi connectivity index (χ2v) is 5.25. The fourth-order valence-electron chi connectivity index (χ4n) is 2.40. The molecular formula is C15H13ClFNO2. The Kier molecular flexibility index (Phi) is 3.28. The molecule has 2 aromatic rings. The Balaban J connectivity index is 1.96. The first kappa shape index (κ1) is 13.2. The summed E-state index contributed by atoms with van der Waals surface area (Å²) in [6, 6.07) is 9.00. The zero-order valence-electron chi connectivity index (χ0n) is 10.5. The number of fused-ring (bicyclic) bond motifs is 1. The number of phenols is 1. The highest BCUT2D eigenvalue weighted by atomic mass is 35.5. The van der Waals surface area contributed by atoms with Gasteiger partial charge in [-0.1, -0.05) is 23.7 Å². The van der Waals surface area contributed by atoms with E-state index in [2.05, 4.69) is 0 Å². The lowest BCUT2D eigenvalue weighted by atomic mass is 9.93. The van der Waals surface area contributed by atoms with E-state index in [1.807, 2.05) is 0 Å². The first-order valence-corrected chi connectivity index (χ1v) is 6.62. The molecule has 2 atom stereocenters. The van der Waals surface area contributed by atoms with Crippen LogP contribution in [0.25, 0.3) is 0 Å². The summed E-state index contributed by atoms with van der Waals surface area (Å²) in [4.78, 5) is 0. The van der Waals surface area contributed by atoms with Crippen LogP contribution in [0.1, 0.15) is 29.7 Å². The summed E-state index contributed by atoms with van der Waals surface area (Å²) in [7, 11) is 0. The zero-order chi connectivity index (χ0) is 14.3. The molecule has 5 heteroatoms. The molecule has 3 rings (SSSR count). The van der Waals surface area contributed by atoms with Gasteiger partial charge in [-0.2, -0.15) is 0 Å². The van der Waals surface area contributed by atoms with Gasteiger partial charge in [-0.05, 0) is 23.8 Å². The number of hydrogen-bond acceptors (Lipinski definition) is 3. The topological polar surface area (TPSA) is 55.5 Å². The largest absolute Gasteiger partial charge is 0.506 e. The Morgan fingerprint density at radius 1 is 1.25 bits per heavy atom. The summed E-state index contributed by atoms with van der Waals surface area (Å²) in [5.41, 5.74) is 7.71. The van der Waals surface area contributed by atoms with E-state index in [0.717, 1.165) is 11.1 Å². The lowest BCUT2D eigenvalue weighted by molar-refractivity contribution is 0.160. The molecule has 1 aliphatic rings. The fraction of sp³-hybridized carbons (Fsp3) is 0.200. The first-order chi connectivity index (χ1) is 9.54. The van der Waals surface area contributed by atoms with Crippen LogP contribution < -0.4 is 10.5 Å². The van der Waals surface area contributed by atoms with Crippen LogP contribution in [-0.2, 0) is 0 Å². The molecule has 0 saturated heterocycles. The molecule has 0 bridgehead atoms. The number of benzene rings is 2. The van der Waals surface area contributed by atoms with Crippen molar-refractivity contribution in [3.8, 4) is 11.5 Å². The minimum Gasteiger partial charge on any atom is -0.506 e. The van der Waals surface area contributed by atoms with E-state index in [-0.39, 0.29) is 28.7 Å². The first-order valence-electron chi connectivity index (χ1n) is 6.24.